The van der Waals surface area contributed by atoms with E-state index >= 15 is 0 Å². The molecule has 0 N–H and O–H groups in total. The molecule has 4 aromatic rings. The number of rotatable bonds is 4. The van der Waals surface area contributed by atoms with Crippen LogP contribution in [-0.4, -0.2) is 59.7 Å². The molecule has 3 heterocycles. The summed E-state index contributed by atoms with van der Waals surface area (Å²) in [6, 6.07) is 20.0. The molecule has 2 aromatic carbocycles. The number of fused-ring (bicyclic) bond motifs is 1. The molecule has 0 radical (unpaired) electrons. The fraction of sp³-hybridized carbons (Fsp3) is 0.192. The van der Waals surface area contributed by atoms with Crippen molar-refractivity contribution in [2.24, 2.45) is 0 Å². The zero-order valence-electron chi connectivity index (χ0n) is 18.8. The van der Waals surface area contributed by atoms with Crippen LogP contribution in [0.25, 0.3) is 22.2 Å². The number of piperazine rings is 1. The fourth-order valence-corrected chi connectivity index (χ4v) is 5.61. The Labute approximate surface area is 198 Å². The lowest BCUT2D eigenvalue weighted by Crippen LogP contribution is -2.50. The van der Waals surface area contributed by atoms with Gasteiger partial charge in [0.15, 0.2) is 0 Å². The molecule has 1 aliphatic rings. The van der Waals surface area contributed by atoms with E-state index in [-0.39, 0.29) is 23.9 Å². The first-order chi connectivity index (χ1) is 16.4. The van der Waals surface area contributed by atoms with Crippen LogP contribution >= 0.6 is 0 Å². The van der Waals surface area contributed by atoms with Gasteiger partial charge < -0.3 is 4.90 Å². The van der Waals surface area contributed by atoms with Crippen molar-refractivity contribution in [3.63, 3.8) is 0 Å². The second kappa shape index (κ2) is 8.96. The number of carbonyl (C=O) groups is 1. The van der Waals surface area contributed by atoms with Crippen LogP contribution in [0.1, 0.15) is 15.9 Å². The Morgan fingerprint density at radius 2 is 1.56 bits per heavy atom. The minimum absolute atomic E-state index is 0.124. The summed E-state index contributed by atoms with van der Waals surface area (Å²) in [7, 11) is -3.59. The van der Waals surface area contributed by atoms with Crippen molar-refractivity contribution in [3.8, 4) is 11.3 Å². The number of benzene rings is 2. The maximum absolute atomic E-state index is 13.6. The molecular weight excluding hydrogens is 448 g/mol. The van der Waals surface area contributed by atoms with Crippen LogP contribution in [0.5, 0.6) is 0 Å². The highest BCUT2D eigenvalue weighted by atomic mass is 32.2. The monoisotopic (exact) mass is 472 g/mol. The minimum Gasteiger partial charge on any atom is -0.336 e. The van der Waals surface area contributed by atoms with E-state index in [0.29, 0.717) is 24.3 Å². The minimum atomic E-state index is -3.59. The highest BCUT2D eigenvalue weighted by Crippen LogP contribution is 2.26. The van der Waals surface area contributed by atoms with Gasteiger partial charge in [-0.15, -0.1) is 0 Å². The number of aromatic nitrogens is 2. The van der Waals surface area contributed by atoms with E-state index in [9.17, 15) is 13.2 Å². The largest absolute Gasteiger partial charge is 0.336 e. The molecule has 0 bridgehead atoms. The number of hydrogen-bond acceptors (Lipinski definition) is 5. The molecule has 1 aliphatic heterocycles. The van der Waals surface area contributed by atoms with Gasteiger partial charge in [0, 0.05) is 49.5 Å². The molecule has 5 rings (SSSR count). The lowest BCUT2D eigenvalue weighted by atomic mass is 10.0. The van der Waals surface area contributed by atoms with Crippen molar-refractivity contribution in [1.82, 2.24) is 19.2 Å². The first-order valence-electron chi connectivity index (χ1n) is 11.1. The molecule has 172 valence electrons. The summed E-state index contributed by atoms with van der Waals surface area (Å²) in [6.45, 7) is 3.07. The Bertz CT molecular complexity index is 1450. The third-order valence-corrected chi connectivity index (χ3v) is 8.02. The lowest BCUT2D eigenvalue weighted by molar-refractivity contribution is 0.0700. The molecule has 0 aliphatic carbocycles. The summed E-state index contributed by atoms with van der Waals surface area (Å²) in [5, 5.41) is 0.778. The third kappa shape index (κ3) is 4.18. The van der Waals surface area contributed by atoms with Gasteiger partial charge in [0.25, 0.3) is 5.91 Å². The molecule has 0 atom stereocenters. The third-order valence-electron chi connectivity index (χ3n) is 6.11. The Morgan fingerprint density at radius 3 is 2.26 bits per heavy atom. The molecule has 8 heteroatoms. The van der Waals surface area contributed by atoms with Crippen molar-refractivity contribution < 1.29 is 13.2 Å². The average Bonchev–Trinajstić information content (AvgIpc) is 2.88. The molecule has 1 fully saturated rings. The summed E-state index contributed by atoms with van der Waals surface area (Å²) in [6.07, 6.45) is 3.39. The van der Waals surface area contributed by atoms with Gasteiger partial charge >= 0.3 is 0 Å². The van der Waals surface area contributed by atoms with Crippen LogP contribution < -0.4 is 0 Å². The van der Waals surface area contributed by atoms with Gasteiger partial charge in [0.1, 0.15) is 0 Å². The van der Waals surface area contributed by atoms with E-state index in [2.05, 4.69) is 4.98 Å². The standard InChI is InChI=1S/C26H24N4O3S/c1-19-6-8-21(9-7-19)34(32,33)30-16-14-29(15-17-30)26(31)23-18-25(20-10-12-27-13-11-20)28-24-5-3-2-4-22(23)24/h2-13,18H,14-17H2,1H3. The van der Waals surface area contributed by atoms with Gasteiger partial charge in [-0.05, 0) is 43.3 Å². The van der Waals surface area contributed by atoms with Gasteiger partial charge in [-0.25, -0.2) is 13.4 Å². The number of carbonyl (C=O) groups excluding carboxylic acids is 1. The van der Waals surface area contributed by atoms with E-state index < -0.39 is 10.0 Å². The van der Waals surface area contributed by atoms with E-state index in [1.165, 1.54) is 4.31 Å². The molecule has 0 saturated carbocycles. The number of aryl methyl sites for hydroxylation is 1. The number of nitrogens with zero attached hydrogens (tertiary/aromatic N) is 4. The maximum Gasteiger partial charge on any atom is 0.254 e. The Hall–Kier alpha value is -3.62. The van der Waals surface area contributed by atoms with Gasteiger partial charge in [0.05, 0.1) is 21.7 Å². The predicted molar refractivity (Wildman–Crippen MR) is 131 cm³/mol. The number of hydrogen-bond donors (Lipinski definition) is 0. The molecule has 1 saturated heterocycles. The van der Waals surface area contributed by atoms with E-state index in [1.807, 2.05) is 49.4 Å². The van der Waals surface area contributed by atoms with Crippen molar-refractivity contribution in [2.45, 2.75) is 11.8 Å². The summed E-state index contributed by atoms with van der Waals surface area (Å²) in [4.78, 5) is 24.4. The van der Waals surface area contributed by atoms with Gasteiger partial charge in [-0.3, -0.25) is 9.78 Å². The van der Waals surface area contributed by atoms with Crippen LogP contribution in [0.2, 0.25) is 0 Å². The van der Waals surface area contributed by atoms with Gasteiger partial charge in [-0.1, -0.05) is 35.9 Å². The number of amides is 1. The Morgan fingerprint density at radius 1 is 0.882 bits per heavy atom. The molecule has 1 amide bonds. The SMILES string of the molecule is Cc1ccc(S(=O)(=O)N2CCN(C(=O)c3cc(-c4ccncc4)nc4ccccc34)CC2)cc1. The quantitative estimate of drug-likeness (QED) is 0.452. The van der Waals surface area contributed by atoms with Crippen molar-refractivity contribution in [2.75, 3.05) is 26.2 Å². The Balaban J connectivity index is 1.41. The highest BCUT2D eigenvalue weighted by Gasteiger charge is 2.31. The van der Waals surface area contributed by atoms with Crippen LogP contribution in [0.3, 0.4) is 0 Å². The maximum atomic E-state index is 13.6. The van der Waals surface area contributed by atoms with E-state index in [0.717, 1.165) is 22.0 Å². The normalized spacial score (nSPS) is 14.9. The van der Waals surface area contributed by atoms with Crippen LogP contribution in [-0.2, 0) is 10.0 Å². The second-order valence-electron chi connectivity index (χ2n) is 8.32. The van der Waals surface area contributed by atoms with Crippen molar-refractivity contribution >= 4 is 26.8 Å². The van der Waals surface area contributed by atoms with Crippen molar-refractivity contribution in [3.05, 3.63) is 90.3 Å². The zero-order valence-corrected chi connectivity index (χ0v) is 19.6. The number of sulfonamides is 1. The molecule has 7 nitrogen and oxygen atoms in total. The zero-order chi connectivity index (χ0) is 23.7. The summed E-state index contributed by atoms with van der Waals surface area (Å²) in [5.41, 5.74) is 3.88. The van der Waals surface area contributed by atoms with Gasteiger partial charge in [0.2, 0.25) is 10.0 Å². The van der Waals surface area contributed by atoms with Crippen LogP contribution in [0.15, 0.2) is 84.0 Å². The summed E-state index contributed by atoms with van der Waals surface area (Å²) in [5.74, 6) is -0.124. The molecule has 34 heavy (non-hydrogen) atoms. The summed E-state index contributed by atoms with van der Waals surface area (Å²) < 4.78 is 27.5. The first-order valence-corrected chi connectivity index (χ1v) is 12.5. The molecular formula is C26H24N4O3S. The summed E-state index contributed by atoms with van der Waals surface area (Å²) >= 11 is 0. The molecule has 2 aromatic heterocycles. The van der Waals surface area contributed by atoms with E-state index in [4.69, 9.17) is 4.98 Å². The smallest absolute Gasteiger partial charge is 0.254 e. The van der Waals surface area contributed by atoms with Crippen molar-refractivity contribution in [1.29, 1.82) is 0 Å². The number of para-hydroxylation sites is 1. The predicted octanol–water partition coefficient (Wildman–Crippen LogP) is 3.75. The fourth-order valence-electron chi connectivity index (χ4n) is 4.18. The highest BCUT2D eigenvalue weighted by molar-refractivity contribution is 7.89. The van der Waals surface area contributed by atoms with Gasteiger partial charge in [-0.2, -0.15) is 4.31 Å². The Kier molecular flexibility index (Phi) is 5.85. The lowest BCUT2D eigenvalue weighted by Gasteiger charge is -2.34. The average molecular weight is 473 g/mol. The molecule has 0 unspecified atom stereocenters. The first kappa shape index (κ1) is 22.2. The topological polar surface area (TPSA) is 83.5 Å². The molecule has 0 spiro atoms. The number of pyridine rings is 2. The van der Waals surface area contributed by atoms with Crippen LogP contribution in [0, 0.1) is 6.92 Å². The van der Waals surface area contributed by atoms with E-state index in [1.54, 1.807) is 41.6 Å². The van der Waals surface area contributed by atoms with Crippen LogP contribution in [0.4, 0.5) is 0 Å². The second-order valence-corrected chi connectivity index (χ2v) is 10.3.